The van der Waals surface area contributed by atoms with E-state index >= 15 is 0 Å². The molecule has 0 unspecified atom stereocenters. The summed E-state index contributed by atoms with van der Waals surface area (Å²) in [6.07, 6.45) is 0.154. The average Bonchev–Trinajstić information content (AvgIpc) is 2.54. The Morgan fingerprint density at radius 2 is 1.92 bits per heavy atom. The average molecular weight is 334 g/mol. The zero-order valence-corrected chi connectivity index (χ0v) is 14.2. The summed E-state index contributed by atoms with van der Waals surface area (Å²) in [5, 5.41) is 5.74. The molecule has 2 aliphatic rings. The predicted molar refractivity (Wildman–Crippen MR) is 92.6 cm³/mol. The number of piperazine rings is 1. The lowest BCUT2D eigenvalue weighted by Crippen LogP contribution is -2.47. The van der Waals surface area contributed by atoms with Crippen LogP contribution < -0.4 is 15.4 Å². The van der Waals surface area contributed by atoms with Crippen LogP contribution in [0.4, 0.5) is 10.5 Å². The van der Waals surface area contributed by atoms with Gasteiger partial charge in [-0.1, -0.05) is 0 Å². The van der Waals surface area contributed by atoms with Gasteiger partial charge in [0.1, 0.15) is 11.9 Å². The molecule has 0 bridgehead atoms. The molecule has 7 nitrogen and oxygen atoms in total. The van der Waals surface area contributed by atoms with E-state index in [2.05, 4.69) is 27.5 Å². The van der Waals surface area contributed by atoms with E-state index in [1.165, 1.54) is 0 Å². The molecule has 2 saturated heterocycles. The summed E-state index contributed by atoms with van der Waals surface area (Å²) in [7, 11) is 2.14. The van der Waals surface area contributed by atoms with Gasteiger partial charge in [-0.15, -0.1) is 0 Å². The van der Waals surface area contributed by atoms with Crippen molar-refractivity contribution in [2.75, 3.05) is 64.8 Å². The number of amides is 2. The highest BCUT2D eigenvalue weighted by Gasteiger charge is 2.19. The third-order valence-electron chi connectivity index (χ3n) is 4.33. The predicted octanol–water partition coefficient (Wildman–Crippen LogP) is 0.833. The van der Waals surface area contributed by atoms with Gasteiger partial charge in [0.15, 0.2) is 0 Å². The Morgan fingerprint density at radius 3 is 2.54 bits per heavy atom. The number of rotatable bonds is 6. The van der Waals surface area contributed by atoms with E-state index in [1.807, 2.05) is 24.3 Å². The minimum absolute atomic E-state index is 0.154. The molecule has 132 valence electrons. The second kappa shape index (κ2) is 8.32. The Morgan fingerprint density at radius 1 is 1.21 bits per heavy atom. The van der Waals surface area contributed by atoms with Crippen molar-refractivity contribution < 1.29 is 14.3 Å². The molecule has 1 aromatic rings. The van der Waals surface area contributed by atoms with E-state index < -0.39 is 0 Å². The van der Waals surface area contributed by atoms with Gasteiger partial charge in [0.05, 0.1) is 13.2 Å². The van der Waals surface area contributed by atoms with E-state index in [-0.39, 0.29) is 12.1 Å². The number of carbonyl (C=O) groups excluding carboxylic acids is 1. The van der Waals surface area contributed by atoms with Gasteiger partial charge < -0.3 is 25.0 Å². The lowest BCUT2D eigenvalue weighted by molar-refractivity contribution is -0.0796. The minimum Gasteiger partial charge on any atom is -0.486 e. The first kappa shape index (κ1) is 17.0. The molecule has 2 fully saturated rings. The van der Waals surface area contributed by atoms with Gasteiger partial charge in [-0.05, 0) is 31.3 Å². The van der Waals surface area contributed by atoms with Gasteiger partial charge in [0.2, 0.25) is 0 Å². The van der Waals surface area contributed by atoms with E-state index in [0.29, 0.717) is 19.8 Å². The minimum atomic E-state index is -0.176. The number of benzene rings is 1. The van der Waals surface area contributed by atoms with Crippen LogP contribution >= 0.6 is 0 Å². The van der Waals surface area contributed by atoms with Crippen molar-refractivity contribution in [2.45, 2.75) is 6.10 Å². The summed E-state index contributed by atoms with van der Waals surface area (Å²) >= 11 is 0. The Kier molecular flexibility index (Phi) is 5.90. The quantitative estimate of drug-likeness (QED) is 0.807. The van der Waals surface area contributed by atoms with Gasteiger partial charge in [0, 0.05) is 45.0 Å². The first-order valence-corrected chi connectivity index (χ1v) is 8.49. The maximum absolute atomic E-state index is 11.9. The fourth-order valence-corrected chi connectivity index (χ4v) is 2.67. The summed E-state index contributed by atoms with van der Waals surface area (Å²) < 4.78 is 10.8. The number of hydrogen-bond donors (Lipinski definition) is 2. The van der Waals surface area contributed by atoms with Crippen LogP contribution in [0.25, 0.3) is 0 Å². The lowest BCUT2D eigenvalue weighted by atomic mass is 10.3. The highest BCUT2D eigenvalue weighted by molar-refractivity contribution is 5.89. The third kappa shape index (κ3) is 5.09. The fourth-order valence-electron chi connectivity index (χ4n) is 2.67. The fraction of sp³-hybridized carbons (Fsp3) is 0.588. The molecule has 0 saturated carbocycles. The molecule has 1 aromatic carbocycles. The number of likely N-dealkylation sites (N-methyl/N-ethyl adjacent to an activating group) is 1. The molecule has 0 aliphatic carbocycles. The normalized spacial score (nSPS) is 19.5. The molecule has 2 N–H and O–H groups in total. The molecule has 3 rings (SSSR count). The molecule has 0 spiro atoms. The van der Waals surface area contributed by atoms with Crippen LogP contribution in [0.5, 0.6) is 5.75 Å². The van der Waals surface area contributed by atoms with Crippen molar-refractivity contribution in [1.29, 1.82) is 0 Å². The van der Waals surface area contributed by atoms with E-state index in [1.54, 1.807) is 0 Å². The largest absolute Gasteiger partial charge is 0.486 e. The van der Waals surface area contributed by atoms with Crippen LogP contribution in [-0.4, -0.2) is 81.5 Å². The zero-order valence-electron chi connectivity index (χ0n) is 14.2. The van der Waals surface area contributed by atoms with Crippen molar-refractivity contribution in [3.05, 3.63) is 24.3 Å². The number of nitrogens with one attached hydrogen (secondary N) is 2. The molecule has 7 heteroatoms. The number of anilines is 1. The molecule has 0 atom stereocenters. The second-order valence-corrected chi connectivity index (χ2v) is 6.33. The molecule has 0 aromatic heterocycles. The summed E-state index contributed by atoms with van der Waals surface area (Å²) in [6.45, 7) is 7.14. The van der Waals surface area contributed by atoms with Crippen LogP contribution in [0.3, 0.4) is 0 Å². The van der Waals surface area contributed by atoms with Crippen molar-refractivity contribution in [2.24, 2.45) is 0 Å². The first-order chi connectivity index (χ1) is 11.7. The maximum atomic E-state index is 11.9. The van der Waals surface area contributed by atoms with Crippen LogP contribution in [-0.2, 0) is 4.74 Å². The Labute approximate surface area is 142 Å². The molecule has 2 aliphatic heterocycles. The van der Waals surface area contributed by atoms with Crippen LogP contribution in [0.2, 0.25) is 0 Å². The number of urea groups is 1. The van der Waals surface area contributed by atoms with Gasteiger partial charge in [-0.25, -0.2) is 4.79 Å². The monoisotopic (exact) mass is 334 g/mol. The molecular weight excluding hydrogens is 308 g/mol. The number of hydrogen-bond acceptors (Lipinski definition) is 5. The highest BCUT2D eigenvalue weighted by Crippen LogP contribution is 2.19. The highest BCUT2D eigenvalue weighted by atomic mass is 16.6. The third-order valence-corrected chi connectivity index (χ3v) is 4.33. The van der Waals surface area contributed by atoms with Gasteiger partial charge in [-0.2, -0.15) is 0 Å². The number of ether oxygens (including phenoxy) is 2. The summed E-state index contributed by atoms with van der Waals surface area (Å²) in [5.41, 5.74) is 0.754. The van der Waals surface area contributed by atoms with Gasteiger partial charge in [0.25, 0.3) is 0 Å². The lowest BCUT2D eigenvalue weighted by Gasteiger charge is -2.32. The Hall–Kier alpha value is -1.83. The topological polar surface area (TPSA) is 66.1 Å². The second-order valence-electron chi connectivity index (χ2n) is 6.33. The van der Waals surface area contributed by atoms with Gasteiger partial charge in [-0.3, -0.25) is 4.90 Å². The standard InChI is InChI=1S/C17H26N4O3/c1-20-8-10-21(11-9-20)7-6-18-17(22)19-14-2-4-15(5-3-14)24-16-12-23-13-16/h2-5,16H,6-13H2,1H3,(H2,18,19,22). The summed E-state index contributed by atoms with van der Waals surface area (Å²) in [6, 6.07) is 7.23. The first-order valence-electron chi connectivity index (χ1n) is 8.49. The van der Waals surface area contributed by atoms with E-state index in [4.69, 9.17) is 9.47 Å². The smallest absolute Gasteiger partial charge is 0.319 e. The molecule has 0 radical (unpaired) electrons. The zero-order chi connectivity index (χ0) is 16.8. The van der Waals surface area contributed by atoms with Crippen molar-refractivity contribution in [3.63, 3.8) is 0 Å². The van der Waals surface area contributed by atoms with Crippen molar-refractivity contribution in [1.82, 2.24) is 15.1 Å². The molecule has 24 heavy (non-hydrogen) atoms. The van der Waals surface area contributed by atoms with Crippen molar-refractivity contribution >= 4 is 11.7 Å². The SMILES string of the molecule is CN1CCN(CCNC(=O)Nc2ccc(OC3COC3)cc2)CC1. The maximum Gasteiger partial charge on any atom is 0.319 e. The molecule has 2 heterocycles. The van der Waals surface area contributed by atoms with Crippen LogP contribution in [0, 0.1) is 0 Å². The summed E-state index contributed by atoms with van der Waals surface area (Å²) in [4.78, 5) is 16.6. The summed E-state index contributed by atoms with van der Waals surface area (Å²) in [5.74, 6) is 0.796. The van der Waals surface area contributed by atoms with E-state index in [0.717, 1.165) is 44.2 Å². The number of nitrogens with zero attached hydrogens (tertiary/aromatic N) is 2. The van der Waals surface area contributed by atoms with E-state index in [9.17, 15) is 4.79 Å². The van der Waals surface area contributed by atoms with Crippen LogP contribution in [0.1, 0.15) is 0 Å². The Bertz CT molecular complexity index is 525. The molecule has 2 amide bonds. The molecular formula is C17H26N4O3. The van der Waals surface area contributed by atoms with Crippen LogP contribution in [0.15, 0.2) is 24.3 Å². The van der Waals surface area contributed by atoms with Crippen molar-refractivity contribution in [3.8, 4) is 5.75 Å². The number of carbonyl (C=O) groups is 1. The van der Waals surface area contributed by atoms with Gasteiger partial charge >= 0.3 is 6.03 Å². The Balaban J connectivity index is 1.33.